The van der Waals surface area contributed by atoms with Crippen LogP contribution in [-0.4, -0.2) is 23.8 Å². The van der Waals surface area contributed by atoms with Crippen molar-refractivity contribution < 1.29 is 9.53 Å². The van der Waals surface area contributed by atoms with Gasteiger partial charge in [0.2, 0.25) is 0 Å². The first-order valence-corrected chi connectivity index (χ1v) is 8.99. The zero-order chi connectivity index (χ0) is 19.7. The van der Waals surface area contributed by atoms with Crippen LogP contribution < -0.4 is 5.32 Å². The topological polar surface area (TPSA) is 87.1 Å². The van der Waals surface area contributed by atoms with Crippen LogP contribution in [0.1, 0.15) is 31.9 Å². The van der Waals surface area contributed by atoms with E-state index in [1.165, 1.54) is 0 Å². The van der Waals surface area contributed by atoms with Crippen molar-refractivity contribution in [2.45, 2.75) is 51.3 Å². The van der Waals surface area contributed by atoms with Gasteiger partial charge in [0.25, 0.3) is 0 Å². The Balaban J connectivity index is 2.23. The molecule has 0 bridgehead atoms. The number of nitrogens with one attached hydrogen (secondary N) is 1. The van der Waals surface area contributed by atoms with Crippen molar-refractivity contribution >= 4 is 6.09 Å². The monoisotopic (exact) mass is 366 g/mol. The van der Waals surface area contributed by atoms with E-state index in [0.29, 0.717) is 12.8 Å². The lowest BCUT2D eigenvalue weighted by atomic mass is 9.95. The minimum Gasteiger partial charge on any atom is -0.444 e. The van der Waals surface area contributed by atoms with Crippen LogP contribution in [0.3, 0.4) is 0 Å². The highest BCUT2D eigenvalue weighted by Crippen LogP contribution is 2.16. The second kappa shape index (κ2) is 9.64. The second-order valence-corrected chi connectivity index (χ2v) is 7.40. The number of amides is 1. The minimum atomic E-state index is -0.602. The summed E-state index contributed by atoms with van der Waals surface area (Å²) in [7, 11) is 0. The first kappa shape index (κ1) is 20.3. The molecule has 6 heteroatoms. The molecule has 0 saturated carbocycles. The second-order valence-electron chi connectivity index (χ2n) is 7.40. The van der Waals surface area contributed by atoms with Crippen molar-refractivity contribution in [1.29, 1.82) is 0 Å². The molecular weight excluding hydrogens is 340 g/mol. The van der Waals surface area contributed by atoms with Crippen LogP contribution in [-0.2, 0) is 17.6 Å². The molecule has 0 aliphatic carbocycles. The Morgan fingerprint density at radius 1 is 1.04 bits per heavy atom. The average Bonchev–Trinajstić information content (AvgIpc) is 2.61. The van der Waals surface area contributed by atoms with Crippen molar-refractivity contribution in [3.63, 3.8) is 0 Å². The Bertz CT molecular complexity index is 766. The van der Waals surface area contributed by atoms with E-state index in [0.717, 1.165) is 11.1 Å². The van der Waals surface area contributed by atoms with Gasteiger partial charge in [-0.15, -0.1) is 0 Å². The maximum absolute atomic E-state index is 12.4. The summed E-state index contributed by atoms with van der Waals surface area (Å²) in [5.74, 6) is 0. The zero-order valence-corrected chi connectivity index (χ0v) is 16.0. The Morgan fingerprint density at radius 3 is 2.04 bits per heavy atom. The largest absolute Gasteiger partial charge is 0.444 e. The number of rotatable bonds is 7. The molecule has 1 N–H and O–H groups in total. The van der Waals surface area contributed by atoms with E-state index in [1.54, 1.807) is 0 Å². The highest BCUT2D eigenvalue weighted by molar-refractivity contribution is 5.68. The van der Waals surface area contributed by atoms with Gasteiger partial charge in [0.15, 0.2) is 0 Å². The quantitative estimate of drug-likeness (QED) is 0.422. The summed E-state index contributed by atoms with van der Waals surface area (Å²) in [6, 6.07) is 18.7. The molecule has 0 aliphatic heterocycles. The Hall–Kier alpha value is -2.98. The van der Waals surface area contributed by atoms with Crippen LogP contribution in [0.5, 0.6) is 0 Å². The molecule has 27 heavy (non-hydrogen) atoms. The van der Waals surface area contributed by atoms with Crippen LogP contribution in [0, 0.1) is 0 Å². The summed E-state index contributed by atoms with van der Waals surface area (Å²) in [6.45, 7) is 5.44. The normalized spacial score (nSPS) is 13.1. The van der Waals surface area contributed by atoms with E-state index >= 15 is 0 Å². The van der Waals surface area contributed by atoms with Gasteiger partial charge in [-0.05, 0) is 50.3 Å². The summed E-state index contributed by atoms with van der Waals surface area (Å²) in [5.41, 5.74) is 10.5. The molecule has 142 valence electrons. The number of carbonyl (C=O) groups excluding carboxylic acids is 1. The van der Waals surface area contributed by atoms with Crippen molar-refractivity contribution in [2.75, 3.05) is 0 Å². The van der Waals surface area contributed by atoms with Gasteiger partial charge in [0, 0.05) is 11.0 Å². The van der Waals surface area contributed by atoms with Crippen LogP contribution >= 0.6 is 0 Å². The lowest BCUT2D eigenvalue weighted by molar-refractivity contribution is 0.0496. The van der Waals surface area contributed by atoms with Gasteiger partial charge in [-0.1, -0.05) is 65.8 Å². The Morgan fingerprint density at radius 2 is 1.56 bits per heavy atom. The fourth-order valence-electron chi connectivity index (χ4n) is 2.80. The maximum atomic E-state index is 12.4. The van der Waals surface area contributed by atoms with Gasteiger partial charge in [-0.25, -0.2) is 4.79 Å². The fourth-order valence-corrected chi connectivity index (χ4v) is 2.80. The predicted molar refractivity (Wildman–Crippen MR) is 106 cm³/mol. The van der Waals surface area contributed by atoms with E-state index in [4.69, 9.17) is 10.3 Å². The average molecular weight is 366 g/mol. The number of azide groups is 1. The molecule has 0 heterocycles. The number of hydrogen-bond acceptors (Lipinski definition) is 3. The van der Waals surface area contributed by atoms with E-state index in [-0.39, 0.29) is 0 Å². The molecule has 2 atom stereocenters. The molecular formula is C21H26N4O2. The number of ether oxygens (including phenoxy) is 1. The number of carbonyl (C=O) groups is 1. The van der Waals surface area contributed by atoms with Gasteiger partial charge in [-0.2, -0.15) is 0 Å². The third-order valence-corrected chi connectivity index (χ3v) is 3.95. The van der Waals surface area contributed by atoms with Gasteiger partial charge >= 0.3 is 6.09 Å². The smallest absolute Gasteiger partial charge is 0.407 e. The highest BCUT2D eigenvalue weighted by atomic mass is 16.6. The summed E-state index contributed by atoms with van der Waals surface area (Å²) in [4.78, 5) is 15.4. The van der Waals surface area contributed by atoms with Crippen molar-refractivity contribution in [3.05, 3.63) is 82.2 Å². The summed E-state index contributed by atoms with van der Waals surface area (Å²) < 4.78 is 5.40. The molecule has 0 fully saturated rings. The third kappa shape index (κ3) is 7.42. The van der Waals surface area contributed by atoms with Crippen molar-refractivity contribution in [3.8, 4) is 0 Å². The van der Waals surface area contributed by atoms with E-state index in [2.05, 4.69) is 15.3 Å². The highest BCUT2D eigenvalue weighted by Gasteiger charge is 2.26. The molecule has 0 radical (unpaired) electrons. The van der Waals surface area contributed by atoms with Gasteiger partial charge in [-0.3, -0.25) is 0 Å². The lowest BCUT2D eigenvalue weighted by Gasteiger charge is -2.27. The third-order valence-electron chi connectivity index (χ3n) is 3.95. The van der Waals surface area contributed by atoms with Crippen molar-refractivity contribution in [2.24, 2.45) is 5.11 Å². The Kier molecular flexibility index (Phi) is 7.26. The molecule has 6 nitrogen and oxygen atoms in total. The first-order chi connectivity index (χ1) is 12.9. The van der Waals surface area contributed by atoms with Crippen LogP contribution in [0.4, 0.5) is 4.79 Å². The van der Waals surface area contributed by atoms with Gasteiger partial charge in [0.1, 0.15) is 5.60 Å². The molecule has 2 aromatic carbocycles. The van der Waals surface area contributed by atoms with Crippen LogP contribution in [0.2, 0.25) is 0 Å². The SMILES string of the molecule is CC(C)(C)OC(=O)N[C@@H](Cc1ccccc1)C(Cc1ccccc1)N=[N+]=[N-]. The molecule has 0 aliphatic rings. The van der Waals surface area contributed by atoms with E-state index in [1.807, 2.05) is 81.4 Å². The van der Waals surface area contributed by atoms with Crippen LogP contribution in [0.25, 0.3) is 10.4 Å². The van der Waals surface area contributed by atoms with Gasteiger partial charge in [0.05, 0.1) is 6.04 Å². The lowest BCUT2D eigenvalue weighted by Crippen LogP contribution is -2.46. The standard InChI is InChI=1S/C21H26N4O2/c1-21(2,3)27-20(26)23-18(14-16-10-6-4-7-11-16)19(24-25-22)15-17-12-8-5-9-13-17/h4-13,18-19H,14-15H2,1-3H3,(H,23,26)/t18-,19?/m0/s1. The predicted octanol–water partition coefficient (Wildman–Crippen LogP) is 5.04. The summed E-state index contributed by atoms with van der Waals surface area (Å²) in [6.07, 6.45) is 0.545. The Labute approximate surface area is 160 Å². The molecule has 1 amide bonds. The molecule has 0 spiro atoms. The number of hydrogen-bond donors (Lipinski definition) is 1. The van der Waals surface area contributed by atoms with Crippen LogP contribution in [0.15, 0.2) is 65.8 Å². The molecule has 1 unspecified atom stereocenters. The maximum Gasteiger partial charge on any atom is 0.407 e. The molecule has 0 saturated heterocycles. The van der Waals surface area contributed by atoms with E-state index < -0.39 is 23.8 Å². The fraction of sp³-hybridized carbons (Fsp3) is 0.381. The number of benzene rings is 2. The summed E-state index contributed by atoms with van der Waals surface area (Å²) in [5, 5.41) is 6.88. The molecule has 2 aromatic rings. The number of alkyl carbamates (subject to hydrolysis) is 1. The molecule has 0 aromatic heterocycles. The van der Waals surface area contributed by atoms with Gasteiger partial charge < -0.3 is 10.1 Å². The van der Waals surface area contributed by atoms with E-state index in [9.17, 15) is 4.79 Å². The summed E-state index contributed by atoms with van der Waals surface area (Å²) >= 11 is 0. The molecule has 2 rings (SSSR count). The number of nitrogens with zero attached hydrogens (tertiary/aromatic N) is 3. The zero-order valence-electron chi connectivity index (χ0n) is 16.0. The first-order valence-electron chi connectivity index (χ1n) is 8.99. The van der Waals surface area contributed by atoms with Crippen molar-refractivity contribution in [1.82, 2.24) is 5.32 Å². The minimum absolute atomic E-state index is 0.390.